The van der Waals surface area contributed by atoms with E-state index in [1.54, 1.807) is 17.4 Å². The van der Waals surface area contributed by atoms with Crippen LogP contribution in [0.25, 0.3) is 10.6 Å². The summed E-state index contributed by atoms with van der Waals surface area (Å²) < 4.78 is 7.62. The maximum atomic E-state index is 12.4. The Morgan fingerprint density at radius 1 is 1.35 bits per heavy atom. The van der Waals surface area contributed by atoms with Gasteiger partial charge in [-0.25, -0.2) is 0 Å². The Morgan fingerprint density at radius 3 is 2.81 bits per heavy atom. The van der Waals surface area contributed by atoms with Crippen LogP contribution in [0.5, 0.6) is 0 Å². The van der Waals surface area contributed by atoms with Crippen LogP contribution < -0.4 is 5.32 Å². The van der Waals surface area contributed by atoms with E-state index in [0.717, 1.165) is 17.1 Å². The van der Waals surface area contributed by atoms with E-state index in [2.05, 4.69) is 33.6 Å². The van der Waals surface area contributed by atoms with Gasteiger partial charge in [0.2, 0.25) is 0 Å². The zero-order valence-corrected chi connectivity index (χ0v) is 15.9. The van der Waals surface area contributed by atoms with Crippen LogP contribution in [0.3, 0.4) is 0 Å². The molecule has 0 saturated heterocycles. The molecule has 0 atom stereocenters. The first kappa shape index (κ1) is 17.1. The van der Waals surface area contributed by atoms with Crippen molar-refractivity contribution < 1.29 is 9.21 Å². The molecule has 0 bridgehead atoms. The maximum absolute atomic E-state index is 12.4. The highest BCUT2D eigenvalue weighted by Crippen LogP contribution is 2.35. The van der Waals surface area contributed by atoms with Gasteiger partial charge in [0.15, 0.2) is 0 Å². The van der Waals surface area contributed by atoms with Gasteiger partial charge in [0.1, 0.15) is 11.5 Å². The van der Waals surface area contributed by atoms with Crippen LogP contribution in [0.2, 0.25) is 0 Å². The molecule has 1 N–H and O–H groups in total. The number of aryl methyl sites for hydroxylation is 2. The molecule has 0 unspecified atom stereocenters. The van der Waals surface area contributed by atoms with E-state index in [1.165, 1.54) is 30.6 Å². The molecule has 26 heavy (non-hydrogen) atoms. The SMILES string of the molecule is Cc1cc(C(=O)NCc2cc(-c3cccs3)n(C3CCCC3)n2)c(C)o1. The number of thiophene rings is 1. The van der Waals surface area contributed by atoms with Gasteiger partial charge in [-0.3, -0.25) is 9.48 Å². The monoisotopic (exact) mass is 369 g/mol. The second-order valence-electron chi connectivity index (χ2n) is 6.89. The second kappa shape index (κ2) is 7.11. The Balaban J connectivity index is 1.54. The number of nitrogens with one attached hydrogen (secondary N) is 1. The van der Waals surface area contributed by atoms with Crippen molar-refractivity contribution in [3.05, 3.63) is 52.4 Å². The van der Waals surface area contributed by atoms with Crippen LogP contribution in [0.1, 0.15) is 59.3 Å². The summed E-state index contributed by atoms with van der Waals surface area (Å²) in [6.07, 6.45) is 4.89. The van der Waals surface area contributed by atoms with Crippen LogP contribution in [-0.4, -0.2) is 15.7 Å². The third-order valence-corrected chi connectivity index (χ3v) is 5.84. The fourth-order valence-electron chi connectivity index (χ4n) is 3.69. The van der Waals surface area contributed by atoms with Gasteiger partial charge in [-0.2, -0.15) is 5.10 Å². The average Bonchev–Trinajstić information content (AvgIpc) is 3.39. The highest BCUT2D eigenvalue weighted by Gasteiger charge is 2.22. The molecule has 0 aromatic carbocycles. The smallest absolute Gasteiger partial charge is 0.255 e. The van der Waals surface area contributed by atoms with Crippen LogP contribution in [0, 0.1) is 13.8 Å². The number of carbonyl (C=O) groups excluding carboxylic acids is 1. The number of rotatable bonds is 5. The van der Waals surface area contributed by atoms with Gasteiger partial charge in [-0.05, 0) is 50.3 Å². The summed E-state index contributed by atoms with van der Waals surface area (Å²) in [6.45, 7) is 4.08. The molecule has 0 radical (unpaired) electrons. The molecule has 0 spiro atoms. The summed E-state index contributed by atoms with van der Waals surface area (Å²) in [5.41, 5.74) is 2.65. The number of carbonyl (C=O) groups is 1. The summed E-state index contributed by atoms with van der Waals surface area (Å²) in [4.78, 5) is 13.7. The van der Waals surface area contributed by atoms with Gasteiger partial charge in [0.05, 0.1) is 34.4 Å². The Labute approximate surface area is 157 Å². The van der Waals surface area contributed by atoms with E-state index in [9.17, 15) is 4.79 Å². The molecular formula is C20H23N3O2S. The molecule has 1 aliphatic rings. The van der Waals surface area contributed by atoms with Crippen molar-refractivity contribution in [3.8, 4) is 10.6 Å². The van der Waals surface area contributed by atoms with Gasteiger partial charge in [-0.1, -0.05) is 18.9 Å². The van der Waals surface area contributed by atoms with Crippen molar-refractivity contribution in [2.45, 2.75) is 52.1 Å². The third kappa shape index (κ3) is 3.33. The molecule has 3 aromatic heterocycles. The largest absolute Gasteiger partial charge is 0.466 e. The van der Waals surface area contributed by atoms with E-state index in [4.69, 9.17) is 9.52 Å². The molecule has 1 amide bonds. The van der Waals surface area contributed by atoms with Crippen molar-refractivity contribution in [2.24, 2.45) is 0 Å². The molecule has 1 aliphatic carbocycles. The highest BCUT2D eigenvalue weighted by molar-refractivity contribution is 7.13. The molecule has 3 aromatic rings. The lowest BCUT2D eigenvalue weighted by Crippen LogP contribution is -2.23. The van der Waals surface area contributed by atoms with E-state index < -0.39 is 0 Å². The number of amides is 1. The van der Waals surface area contributed by atoms with E-state index >= 15 is 0 Å². The Kier molecular flexibility index (Phi) is 4.68. The predicted octanol–water partition coefficient (Wildman–Crippen LogP) is 4.87. The van der Waals surface area contributed by atoms with Crippen LogP contribution in [0.15, 0.2) is 34.1 Å². The second-order valence-corrected chi connectivity index (χ2v) is 7.84. The standard InChI is InChI=1S/C20H23N3O2S/c1-13-10-17(14(2)25-13)20(24)21-12-15-11-18(19-8-5-9-26-19)23(22-15)16-6-3-4-7-16/h5,8-11,16H,3-4,6-7,12H2,1-2H3,(H,21,24). The highest BCUT2D eigenvalue weighted by atomic mass is 32.1. The van der Waals surface area contributed by atoms with Crippen LogP contribution in [-0.2, 0) is 6.54 Å². The van der Waals surface area contributed by atoms with Crippen LogP contribution in [0.4, 0.5) is 0 Å². The summed E-state index contributed by atoms with van der Waals surface area (Å²) in [7, 11) is 0. The molecule has 0 aliphatic heterocycles. The molecule has 6 heteroatoms. The fourth-order valence-corrected chi connectivity index (χ4v) is 4.42. The zero-order valence-electron chi connectivity index (χ0n) is 15.1. The van der Waals surface area contributed by atoms with E-state index in [1.807, 2.05) is 13.8 Å². The molecule has 1 saturated carbocycles. The quantitative estimate of drug-likeness (QED) is 0.698. The van der Waals surface area contributed by atoms with Gasteiger partial charge in [-0.15, -0.1) is 11.3 Å². The predicted molar refractivity (Wildman–Crippen MR) is 102 cm³/mol. The number of aromatic nitrogens is 2. The third-order valence-electron chi connectivity index (χ3n) is 4.95. The molecule has 5 nitrogen and oxygen atoms in total. The summed E-state index contributed by atoms with van der Waals surface area (Å²) in [5.74, 6) is 1.28. The molecular weight excluding hydrogens is 346 g/mol. The minimum Gasteiger partial charge on any atom is -0.466 e. The summed E-state index contributed by atoms with van der Waals surface area (Å²) >= 11 is 1.73. The van der Waals surface area contributed by atoms with Crippen molar-refractivity contribution in [1.82, 2.24) is 15.1 Å². The van der Waals surface area contributed by atoms with Crippen molar-refractivity contribution >= 4 is 17.2 Å². The van der Waals surface area contributed by atoms with Gasteiger partial charge in [0, 0.05) is 0 Å². The molecule has 4 rings (SSSR count). The summed E-state index contributed by atoms with van der Waals surface area (Å²) in [6, 6.07) is 8.55. The van der Waals surface area contributed by atoms with Crippen molar-refractivity contribution in [2.75, 3.05) is 0 Å². The lowest BCUT2D eigenvalue weighted by Gasteiger charge is -2.13. The zero-order chi connectivity index (χ0) is 18.1. The minimum atomic E-state index is -0.118. The first-order chi connectivity index (χ1) is 12.6. The van der Waals surface area contributed by atoms with E-state index in [0.29, 0.717) is 23.9 Å². The number of hydrogen-bond donors (Lipinski definition) is 1. The van der Waals surface area contributed by atoms with Crippen LogP contribution >= 0.6 is 11.3 Å². The van der Waals surface area contributed by atoms with Crippen molar-refractivity contribution in [1.29, 1.82) is 0 Å². The van der Waals surface area contributed by atoms with Gasteiger partial charge < -0.3 is 9.73 Å². The minimum absolute atomic E-state index is 0.118. The Morgan fingerprint density at radius 2 is 2.15 bits per heavy atom. The fraction of sp³-hybridized carbons (Fsp3) is 0.400. The van der Waals surface area contributed by atoms with Crippen molar-refractivity contribution in [3.63, 3.8) is 0 Å². The number of furan rings is 1. The lowest BCUT2D eigenvalue weighted by atomic mass is 10.2. The normalized spacial score (nSPS) is 14.8. The molecule has 3 heterocycles. The van der Waals surface area contributed by atoms with Gasteiger partial charge >= 0.3 is 0 Å². The summed E-state index contributed by atoms with van der Waals surface area (Å²) in [5, 5.41) is 9.89. The Hall–Kier alpha value is -2.34. The molecule has 1 fully saturated rings. The average molecular weight is 369 g/mol. The molecule has 136 valence electrons. The number of nitrogens with zero attached hydrogens (tertiary/aromatic N) is 2. The lowest BCUT2D eigenvalue weighted by molar-refractivity contribution is 0.0949. The van der Waals surface area contributed by atoms with E-state index in [-0.39, 0.29) is 5.91 Å². The number of hydrogen-bond acceptors (Lipinski definition) is 4. The van der Waals surface area contributed by atoms with Gasteiger partial charge in [0.25, 0.3) is 5.91 Å². The Bertz CT molecular complexity index is 902. The first-order valence-electron chi connectivity index (χ1n) is 9.09. The topological polar surface area (TPSA) is 60.1 Å². The first-order valence-corrected chi connectivity index (χ1v) is 9.97. The maximum Gasteiger partial charge on any atom is 0.255 e.